The van der Waals surface area contributed by atoms with Crippen molar-refractivity contribution in [2.45, 2.75) is 44.5 Å². The van der Waals surface area contributed by atoms with Crippen molar-refractivity contribution in [3.63, 3.8) is 0 Å². The molecule has 1 unspecified atom stereocenters. The summed E-state index contributed by atoms with van der Waals surface area (Å²) in [5.41, 5.74) is 2.95. The second-order valence-electron chi connectivity index (χ2n) is 8.73. The van der Waals surface area contributed by atoms with Crippen LogP contribution in [0, 0.1) is 6.92 Å². The van der Waals surface area contributed by atoms with Gasteiger partial charge in [0.05, 0.1) is 37.5 Å². The molecule has 2 aliphatic rings. The first-order valence-electron chi connectivity index (χ1n) is 11.2. The van der Waals surface area contributed by atoms with E-state index in [2.05, 4.69) is 15.1 Å². The second kappa shape index (κ2) is 9.18. The van der Waals surface area contributed by atoms with Gasteiger partial charge in [-0.25, -0.2) is 27.8 Å². The van der Waals surface area contributed by atoms with Crippen molar-refractivity contribution in [3.8, 4) is 11.4 Å². The molecule has 1 N–H and O–H groups in total. The van der Waals surface area contributed by atoms with Gasteiger partial charge in [-0.3, -0.25) is 0 Å². The number of aliphatic hydroxyl groups excluding tert-OH is 1. The Morgan fingerprint density at radius 2 is 2.06 bits per heavy atom. The zero-order valence-electron chi connectivity index (χ0n) is 19.2. The van der Waals surface area contributed by atoms with E-state index in [1.165, 1.54) is 0 Å². The van der Waals surface area contributed by atoms with Gasteiger partial charge < -0.3 is 14.4 Å². The van der Waals surface area contributed by atoms with Crippen molar-refractivity contribution in [2.24, 2.45) is 0 Å². The Hall–Kier alpha value is -3.66. The quantitative estimate of drug-likeness (QED) is 0.573. The second-order valence-corrected chi connectivity index (χ2v) is 8.73. The number of ether oxygens (including phenoxy) is 1. The number of hydrogen-bond donors (Lipinski definition) is 1. The number of methoxy groups -OCH3 is 1. The Morgan fingerprint density at radius 1 is 1.23 bits per heavy atom. The van der Waals surface area contributed by atoms with Gasteiger partial charge >= 0.3 is 0 Å². The molecule has 0 bridgehead atoms. The van der Waals surface area contributed by atoms with Crippen LogP contribution in [0.4, 0.5) is 13.2 Å². The summed E-state index contributed by atoms with van der Waals surface area (Å²) in [6.07, 6.45) is 5.35. The molecule has 1 aliphatic heterocycles. The van der Waals surface area contributed by atoms with Crippen LogP contribution in [0.3, 0.4) is 0 Å². The molecule has 3 aromatic rings. The summed E-state index contributed by atoms with van der Waals surface area (Å²) in [5.74, 6) is -1.61. The van der Waals surface area contributed by atoms with Gasteiger partial charge in [-0.2, -0.15) is 5.10 Å². The van der Waals surface area contributed by atoms with Gasteiger partial charge in [-0.1, -0.05) is 17.7 Å². The van der Waals surface area contributed by atoms with Gasteiger partial charge in [0.15, 0.2) is 23.6 Å². The molecule has 3 heterocycles. The highest BCUT2D eigenvalue weighted by Crippen LogP contribution is 2.40. The third-order valence-electron chi connectivity index (χ3n) is 6.22. The molecule has 0 radical (unpaired) electrons. The van der Waals surface area contributed by atoms with E-state index in [0.717, 1.165) is 23.0 Å². The normalized spacial score (nSPS) is 22.5. The highest BCUT2D eigenvalue weighted by atomic mass is 19.2. The van der Waals surface area contributed by atoms with Crippen LogP contribution in [0.25, 0.3) is 17.8 Å². The Kier molecular flexibility index (Phi) is 6.06. The van der Waals surface area contributed by atoms with Crippen molar-refractivity contribution in [1.82, 2.24) is 24.3 Å². The number of hydrogen-bond acceptors (Lipinski definition) is 5. The average molecular weight is 483 g/mol. The predicted octanol–water partition coefficient (Wildman–Crippen LogP) is 4.62. The summed E-state index contributed by atoms with van der Waals surface area (Å²) in [6.45, 7) is 2.13. The summed E-state index contributed by atoms with van der Waals surface area (Å²) in [6, 6.07) is 5.72. The van der Waals surface area contributed by atoms with E-state index in [1.807, 2.05) is 42.0 Å². The number of rotatable bonds is 5. The summed E-state index contributed by atoms with van der Waals surface area (Å²) >= 11 is 0. The highest BCUT2D eigenvalue weighted by Gasteiger charge is 2.35. The minimum absolute atomic E-state index is 0.221. The molecule has 3 atom stereocenters. The van der Waals surface area contributed by atoms with E-state index in [1.54, 1.807) is 24.2 Å². The van der Waals surface area contributed by atoms with E-state index in [-0.39, 0.29) is 19.4 Å². The fourth-order valence-electron chi connectivity index (χ4n) is 4.52. The number of aliphatic hydroxyl groups is 1. The van der Waals surface area contributed by atoms with Crippen LogP contribution in [-0.2, 0) is 6.54 Å². The molecule has 1 aliphatic carbocycles. The fourth-order valence-corrected chi connectivity index (χ4v) is 4.52. The maximum absolute atomic E-state index is 14.0. The molecule has 2 aromatic heterocycles. The topological polar surface area (TPSA) is 78.0 Å². The zero-order chi connectivity index (χ0) is 24.7. The van der Waals surface area contributed by atoms with Crippen LogP contribution in [0.15, 0.2) is 54.0 Å². The van der Waals surface area contributed by atoms with Crippen molar-refractivity contribution in [1.29, 1.82) is 0 Å². The van der Waals surface area contributed by atoms with Crippen molar-refractivity contribution >= 4 is 12.2 Å². The first-order chi connectivity index (χ1) is 16.8. The average Bonchev–Trinajstić information content (AvgIpc) is 3.45. The lowest BCUT2D eigenvalue weighted by atomic mass is 9.84. The summed E-state index contributed by atoms with van der Waals surface area (Å²) in [4.78, 5) is 8.80. The predicted molar refractivity (Wildman–Crippen MR) is 124 cm³/mol. The van der Waals surface area contributed by atoms with E-state index in [0.29, 0.717) is 23.0 Å². The van der Waals surface area contributed by atoms with Crippen molar-refractivity contribution in [2.75, 3.05) is 7.11 Å². The number of benzene rings is 1. The Morgan fingerprint density at radius 3 is 2.77 bits per heavy atom. The summed E-state index contributed by atoms with van der Waals surface area (Å²) < 4.78 is 50.3. The molecule has 1 aromatic carbocycles. The Labute approximate surface area is 199 Å². The first kappa shape index (κ1) is 23.1. The maximum Gasteiger partial charge on any atom is 0.174 e. The van der Waals surface area contributed by atoms with E-state index in [4.69, 9.17) is 4.74 Å². The van der Waals surface area contributed by atoms with Crippen LogP contribution in [0.2, 0.25) is 0 Å². The van der Waals surface area contributed by atoms with Crippen LogP contribution in [0.1, 0.15) is 41.7 Å². The minimum atomic E-state index is -2.03. The first-order valence-corrected chi connectivity index (χ1v) is 11.2. The molecule has 182 valence electrons. The van der Waals surface area contributed by atoms with Gasteiger partial charge in [0.25, 0.3) is 0 Å². The fraction of sp³-hybridized carbons (Fsp3) is 0.320. The van der Waals surface area contributed by atoms with E-state index < -0.39 is 29.8 Å². The standard InChI is InChI=1S/C25H24F3N5O2/c1-14-11-32(13-29-14)21-5-3-15(7-22(21)35-2)4-6-23-30-25-18(10-17(34)12-33(25)31-23)16-8-19(26)24(28)20(27)9-16/h3-8,11,13,17-18,20,34H,9-10,12H2,1-2H3/b6-4+/t17-,18+,20?/m1/s1. The van der Waals surface area contributed by atoms with Gasteiger partial charge in [0.1, 0.15) is 11.6 Å². The molecule has 0 amide bonds. The highest BCUT2D eigenvalue weighted by molar-refractivity contribution is 5.69. The third-order valence-corrected chi connectivity index (χ3v) is 6.22. The number of fused-ring (bicyclic) bond motifs is 1. The van der Waals surface area contributed by atoms with Crippen molar-refractivity contribution < 1.29 is 23.0 Å². The number of halogens is 3. The SMILES string of the molecule is COc1cc(/C=C/c2nc3n(n2)C[C@H](O)C[C@H]3C2=CC(F)=C(F)C(F)C2)ccc1-n1cnc(C)c1. The van der Waals surface area contributed by atoms with Gasteiger partial charge in [0.2, 0.25) is 0 Å². The lowest BCUT2D eigenvalue weighted by molar-refractivity contribution is 0.115. The number of allylic oxidation sites excluding steroid dienone is 4. The van der Waals surface area contributed by atoms with Crippen LogP contribution in [0.5, 0.6) is 5.75 Å². The molecule has 0 fully saturated rings. The van der Waals surface area contributed by atoms with Crippen LogP contribution < -0.4 is 4.74 Å². The zero-order valence-corrected chi connectivity index (χ0v) is 19.2. The van der Waals surface area contributed by atoms with E-state index in [9.17, 15) is 18.3 Å². The van der Waals surface area contributed by atoms with E-state index >= 15 is 0 Å². The third kappa shape index (κ3) is 4.53. The Balaban J connectivity index is 1.42. The maximum atomic E-state index is 14.0. The summed E-state index contributed by atoms with van der Waals surface area (Å²) in [5, 5.41) is 14.7. The molecule has 0 spiro atoms. The van der Waals surface area contributed by atoms with Crippen molar-refractivity contribution in [3.05, 3.63) is 76.9 Å². The smallest absolute Gasteiger partial charge is 0.174 e. The number of alkyl halides is 1. The van der Waals surface area contributed by atoms with Gasteiger partial charge in [0, 0.05) is 18.5 Å². The molecule has 0 saturated heterocycles. The minimum Gasteiger partial charge on any atom is -0.495 e. The molecule has 35 heavy (non-hydrogen) atoms. The van der Waals surface area contributed by atoms with Gasteiger partial charge in [-0.15, -0.1) is 0 Å². The molecule has 0 saturated carbocycles. The van der Waals surface area contributed by atoms with Crippen LogP contribution in [-0.4, -0.2) is 48.8 Å². The number of imidazole rings is 1. The molecular formula is C25H24F3N5O2. The Bertz CT molecular complexity index is 1360. The lowest BCUT2D eigenvalue weighted by Crippen LogP contribution is -2.30. The number of aryl methyl sites for hydroxylation is 1. The molecule has 10 heteroatoms. The van der Waals surface area contributed by atoms with Gasteiger partial charge in [-0.05, 0) is 43.2 Å². The number of nitrogens with zero attached hydrogens (tertiary/aromatic N) is 5. The lowest BCUT2D eigenvalue weighted by Gasteiger charge is -2.29. The van der Waals surface area contributed by atoms with Crippen LogP contribution >= 0.6 is 0 Å². The molecular weight excluding hydrogens is 459 g/mol. The monoisotopic (exact) mass is 483 g/mol. The molecule has 7 nitrogen and oxygen atoms in total. The summed E-state index contributed by atoms with van der Waals surface area (Å²) in [7, 11) is 1.60. The molecule has 5 rings (SSSR count). The number of aromatic nitrogens is 5. The largest absolute Gasteiger partial charge is 0.495 e.